The van der Waals surface area contributed by atoms with Gasteiger partial charge in [0, 0.05) is 22.2 Å². The van der Waals surface area contributed by atoms with Gasteiger partial charge >= 0.3 is 0 Å². The van der Waals surface area contributed by atoms with E-state index in [2.05, 4.69) is 0 Å². The molecule has 24 heavy (non-hydrogen) atoms. The Balaban J connectivity index is 0.00000123. The highest BCUT2D eigenvalue weighted by molar-refractivity contribution is 6.31. The minimum Gasteiger partial charge on any atom is -0.258 e. The molecule has 0 aliphatic heterocycles. The van der Waals surface area contributed by atoms with Crippen LogP contribution in [0.1, 0.15) is 27.7 Å². The fraction of sp³-hybridized carbons (Fsp3) is 0.250. The zero-order valence-electron chi connectivity index (χ0n) is 13.7. The first-order valence-corrected chi connectivity index (χ1v) is 8.04. The average molecular weight is 373 g/mol. The van der Waals surface area contributed by atoms with E-state index >= 15 is 0 Å². The largest absolute Gasteiger partial charge is 0.278 e. The quantitative estimate of drug-likeness (QED) is 0.452. The Kier molecular flexibility index (Phi) is 9.61. The number of nitro benzene ring substituents is 2. The SMILES string of the molecule is CC.CC.O=[N+]([O-])c1cc(Cl)ccc1-c1ccc(Cl)cc1[N+](=O)[O-]. The fourth-order valence-electron chi connectivity index (χ4n) is 1.77. The van der Waals surface area contributed by atoms with Gasteiger partial charge in [-0.15, -0.1) is 0 Å². The summed E-state index contributed by atoms with van der Waals surface area (Å²) < 4.78 is 0. The van der Waals surface area contributed by atoms with Gasteiger partial charge in [-0.25, -0.2) is 0 Å². The van der Waals surface area contributed by atoms with Crippen LogP contribution in [0.2, 0.25) is 10.0 Å². The van der Waals surface area contributed by atoms with Crippen molar-refractivity contribution in [3.8, 4) is 11.1 Å². The summed E-state index contributed by atoms with van der Waals surface area (Å²) >= 11 is 11.4. The van der Waals surface area contributed by atoms with Gasteiger partial charge in [-0.05, 0) is 24.3 Å². The molecule has 130 valence electrons. The lowest BCUT2D eigenvalue weighted by atomic mass is 10.0. The summed E-state index contributed by atoms with van der Waals surface area (Å²) in [5, 5.41) is 22.4. The van der Waals surface area contributed by atoms with E-state index in [1.54, 1.807) is 0 Å². The third-order valence-corrected chi connectivity index (χ3v) is 3.07. The minimum absolute atomic E-state index is 0.114. The lowest BCUT2D eigenvalue weighted by molar-refractivity contribution is -0.386. The van der Waals surface area contributed by atoms with Crippen LogP contribution in [0.25, 0.3) is 11.1 Å². The van der Waals surface area contributed by atoms with Crippen molar-refractivity contribution in [2.75, 3.05) is 0 Å². The Morgan fingerprint density at radius 1 is 0.708 bits per heavy atom. The first kappa shape index (κ1) is 21.8. The Morgan fingerprint density at radius 2 is 1.00 bits per heavy atom. The highest BCUT2D eigenvalue weighted by Gasteiger charge is 2.23. The lowest BCUT2D eigenvalue weighted by Gasteiger charge is -2.05. The molecule has 0 saturated carbocycles. The van der Waals surface area contributed by atoms with Crippen molar-refractivity contribution in [1.29, 1.82) is 0 Å². The van der Waals surface area contributed by atoms with Crippen LogP contribution in [0, 0.1) is 20.2 Å². The fourth-order valence-corrected chi connectivity index (χ4v) is 2.10. The Bertz CT molecular complexity index is 660. The van der Waals surface area contributed by atoms with Crippen LogP contribution in [0.15, 0.2) is 36.4 Å². The molecule has 6 nitrogen and oxygen atoms in total. The average Bonchev–Trinajstić information content (AvgIpc) is 2.58. The molecule has 2 rings (SSSR count). The number of nitro groups is 2. The molecule has 0 saturated heterocycles. The molecule has 0 amide bonds. The van der Waals surface area contributed by atoms with Gasteiger partial charge in [0.2, 0.25) is 0 Å². The van der Waals surface area contributed by atoms with Crippen LogP contribution >= 0.6 is 23.2 Å². The molecule has 0 atom stereocenters. The lowest BCUT2D eigenvalue weighted by Crippen LogP contribution is -1.96. The van der Waals surface area contributed by atoms with Crippen molar-refractivity contribution in [2.45, 2.75) is 27.7 Å². The van der Waals surface area contributed by atoms with Gasteiger partial charge in [-0.3, -0.25) is 20.2 Å². The maximum absolute atomic E-state index is 11.0. The molecule has 0 aliphatic rings. The van der Waals surface area contributed by atoms with Gasteiger partial charge < -0.3 is 0 Å². The topological polar surface area (TPSA) is 86.3 Å². The first-order valence-electron chi connectivity index (χ1n) is 7.28. The second-order valence-corrected chi connectivity index (χ2v) is 4.71. The van der Waals surface area contributed by atoms with Gasteiger partial charge in [0.25, 0.3) is 11.4 Å². The van der Waals surface area contributed by atoms with Crippen LogP contribution in [-0.4, -0.2) is 9.85 Å². The number of nitrogens with zero attached hydrogens (tertiary/aromatic N) is 2. The number of hydrogen-bond acceptors (Lipinski definition) is 4. The molecule has 0 aliphatic carbocycles. The van der Waals surface area contributed by atoms with Gasteiger partial charge in [0.1, 0.15) is 0 Å². The third kappa shape index (κ3) is 5.47. The molecular formula is C16H18Cl2N2O4. The number of rotatable bonds is 3. The van der Waals surface area contributed by atoms with Crippen molar-refractivity contribution in [3.05, 3.63) is 66.7 Å². The van der Waals surface area contributed by atoms with E-state index in [0.717, 1.165) is 12.1 Å². The summed E-state index contributed by atoms with van der Waals surface area (Å²) in [4.78, 5) is 20.8. The summed E-state index contributed by atoms with van der Waals surface area (Å²) in [6.07, 6.45) is 0. The Hall–Kier alpha value is -2.18. The standard InChI is InChI=1S/C12H6Cl2N2O4.2C2H6/c13-7-1-3-9(11(5-7)15(17)18)10-4-2-8(14)6-12(10)16(19)20;2*1-2/h1-6H;2*1-2H3. The maximum atomic E-state index is 11.0. The second kappa shape index (κ2) is 10.6. The van der Waals surface area contributed by atoms with Gasteiger partial charge in [-0.2, -0.15) is 0 Å². The molecule has 0 N–H and O–H groups in total. The van der Waals surface area contributed by atoms with Crippen molar-refractivity contribution in [1.82, 2.24) is 0 Å². The molecular weight excluding hydrogens is 355 g/mol. The molecule has 2 aromatic carbocycles. The van der Waals surface area contributed by atoms with Crippen molar-refractivity contribution < 1.29 is 9.85 Å². The summed E-state index contributed by atoms with van der Waals surface area (Å²) in [6, 6.07) is 7.91. The van der Waals surface area contributed by atoms with Crippen molar-refractivity contribution in [3.63, 3.8) is 0 Å². The molecule has 0 fully saturated rings. The van der Waals surface area contributed by atoms with Crippen LogP contribution in [0.3, 0.4) is 0 Å². The summed E-state index contributed by atoms with van der Waals surface area (Å²) in [6.45, 7) is 8.00. The van der Waals surface area contributed by atoms with E-state index in [9.17, 15) is 20.2 Å². The van der Waals surface area contributed by atoms with Gasteiger partial charge in [-0.1, -0.05) is 50.9 Å². The summed E-state index contributed by atoms with van der Waals surface area (Å²) in [7, 11) is 0. The smallest absolute Gasteiger partial charge is 0.258 e. The predicted molar refractivity (Wildman–Crippen MR) is 97.9 cm³/mol. The predicted octanol–water partition coefficient (Wildman–Crippen LogP) is 6.53. The molecule has 2 aromatic rings. The molecule has 0 spiro atoms. The van der Waals surface area contributed by atoms with E-state index in [1.165, 1.54) is 24.3 Å². The van der Waals surface area contributed by atoms with Crippen LogP contribution in [0.4, 0.5) is 11.4 Å². The molecule has 0 aromatic heterocycles. The highest BCUT2D eigenvalue weighted by Crippen LogP contribution is 2.38. The molecule has 0 radical (unpaired) electrons. The Morgan fingerprint density at radius 3 is 1.25 bits per heavy atom. The van der Waals surface area contributed by atoms with Crippen molar-refractivity contribution in [2.24, 2.45) is 0 Å². The third-order valence-electron chi connectivity index (χ3n) is 2.60. The molecule has 0 heterocycles. The van der Waals surface area contributed by atoms with E-state index in [4.69, 9.17) is 23.2 Å². The number of halogens is 2. The van der Waals surface area contributed by atoms with Gasteiger partial charge in [0.15, 0.2) is 0 Å². The normalized spacial score (nSPS) is 9.08. The van der Waals surface area contributed by atoms with Crippen LogP contribution in [0.5, 0.6) is 0 Å². The molecule has 0 unspecified atom stereocenters. The number of benzene rings is 2. The zero-order chi connectivity index (χ0) is 18.9. The molecule has 0 bridgehead atoms. The Labute approximate surface area is 150 Å². The van der Waals surface area contributed by atoms with E-state index in [0.29, 0.717) is 0 Å². The first-order chi connectivity index (χ1) is 11.4. The molecule has 8 heteroatoms. The van der Waals surface area contributed by atoms with Crippen LogP contribution in [-0.2, 0) is 0 Å². The summed E-state index contributed by atoms with van der Waals surface area (Å²) in [5.41, 5.74) is -0.378. The van der Waals surface area contributed by atoms with Crippen molar-refractivity contribution >= 4 is 34.6 Å². The van der Waals surface area contributed by atoms with E-state index in [1.807, 2.05) is 27.7 Å². The van der Waals surface area contributed by atoms with Gasteiger partial charge in [0.05, 0.1) is 21.0 Å². The van der Waals surface area contributed by atoms with E-state index < -0.39 is 9.85 Å². The second-order valence-electron chi connectivity index (χ2n) is 3.84. The number of hydrogen-bond donors (Lipinski definition) is 0. The van der Waals surface area contributed by atoms with E-state index in [-0.39, 0.29) is 32.5 Å². The summed E-state index contributed by atoms with van der Waals surface area (Å²) in [5.74, 6) is 0. The zero-order valence-corrected chi connectivity index (χ0v) is 15.3. The maximum Gasteiger partial charge on any atom is 0.278 e. The van der Waals surface area contributed by atoms with Crippen LogP contribution < -0.4 is 0 Å². The monoisotopic (exact) mass is 372 g/mol. The minimum atomic E-state index is -0.639. The highest BCUT2D eigenvalue weighted by atomic mass is 35.5.